The molecule has 0 fully saturated rings. The molecular weight excluding hydrogens is 735 g/mol. The molecule has 276 valence electrons. The number of nitrogens with zero attached hydrogens (tertiary/aromatic N) is 1. The minimum atomic E-state index is 0.892. The maximum absolute atomic E-state index is 6.61. The molecule has 0 amide bonds. The SMILES string of the molecule is c1cc(-c2cccc3ccccc23)cc(N(c2ccc(-c3ccc4sc5ccccc5c4c3)cc2)c2cccc(-c3cccc4oc5c6ccccc6ccc5c34)c2)c1. The van der Waals surface area contributed by atoms with Crippen molar-refractivity contribution in [1.29, 1.82) is 0 Å². The number of hydrogen-bond acceptors (Lipinski definition) is 3. The molecule has 12 aromatic rings. The normalized spacial score (nSPS) is 11.7. The Hall–Kier alpha value is -7.46. The number of rotatable bonds is 6. The Bertz CT molecular complexity index is 3570. The van der Waals surface area contributed by atoms with E-state index in [0.717, 1.165) is 55.5 Å². The quantitative estimate of drug-likeness (QED) is 0.167. The summed E-state index contributed by atoms with van der Waals surface area (Å²) in [4.78, 5) is 2.39. The third kappa shape index (κ3) is 5.62. The van der Waals surface area contributed by atoms with Gasteiger partial charge in [0.05, 0.1) is 0 Å². The molecule has 0 unspecified atom stereocenters. The average Bonchev–Trinajstić information content (AvgIpc) is 3.88. The Kier molecular flexibility index (Phi) is 7.75. The van der Waals surface area contributed by atoms with Gasteiger partial charge < -0.3 is 9.32 Å². The molecule has 0 aliphatic carbocycles. The molecule has 0 aliphatic heterocycles. The van der Waals surface area contributed by atoms with Crippen molar-refractivity contribution in [3.8, 4) is 33.4 Å². The van der Waals surface area contributed by atoms with Crippen LogP contribution < -0.4 is 4.90 Å². The molecule has 0 N–H and O–H groups in total. The summed E-state index contributed by atoms with van der Waals surface area (Å²) in [6, 6.07) is 77.0. The summed E-state index contributed by atoms with van der Waals surface area (Å²) in [7, 11) is 0. The predicted molar refractivity (Wildman–Crippen MR) is 253 cm³/mol. The highest BCUT2D eigenvalue weighted by atomic mass is 32.1. The molecule has 3 heteroatoms. The number of furan rings is 1. The van der Waals surface area contributed by atoms with Crippen molar-refractivity contribution in [1.82, 2.24) is 0 Å². The zero-order valence-corrected chi connectivity index (χ0v) is 32.8. The maximum Gasteiger partial charge on any atom is 0.143 e. The smallest absolute Gasteiger partial charge is 0.143 e. The highest BCUT2D eigenvalue weighted by molar-refractivity contribution is 7.25. The van der Waals surface area contributed by atoms with Crippen molar-refractivity contribution in [3.05, 3.63) is 212 Å². The lowest BCUT2D eigenvalue weighted by Gasteiger charge is -2.27. The maximum atomic E-state index is 6.61. The first kappa shape index (κ1) is 33.7. The monoisotopic (exact) mass is 769 g/mol. The highest BCUT2D eigenvalue weighted by Gasteiger charge is 2.19. The molecule has 0 spiro atoms. The summed E-state index contributed by atoms with van der Waals surface area (Å²) in [5.41, 5.74) is 12.1. The second-order valence-electron chi connectivity index (χ2n) is 15.3. The van der Waals surface area contributed by atoms with Crippen molar-refractivity contribution in [3.63, 3.8) is 0 Å². The minimum absolute atomic E-state index is 0.892. The first-order valence-electron chi connectivity index (χ1n) is 20.1. The topological polar surface area (TPSA) is 16.4 Å². The Morgan fingerprint density at radius 2 is 0.949 bits per heavy atom. The van der Waals surface area contributed by atoms with Gasteiger partial charge in [0.2, 0.25) is 0 Å². The molecule has 59 heavy (non-hydrogen) atoms. The van der Waals surface area contributed by atoms with Gasteiger partial charge in [0.1, 0.15) is 11.2 Å². The molecule has 2 aromatic heterocycles. The van der Waals surface area contributed by atoms with E-state index < -0.39 is 0 Å². The van der Waals surface area contributed by atoms with Crippen LogP contribution in [0.15, 0.2) is 217 Å². The average molecular weight is 770 g/mol. The van der Waals surface area contributed by atoms with Gasteiger partial charge >= 0.3 is 0 Å². The number of fused-ring (bicyclic) bond motifs is 9. The van der Waals surface area contributed by atoms with Gasteiger partial charge in [-0.05, 0) is 116 Å². The van der Waals surface area contributed by atoms with Gasteiger partial charge in [-0.2, -0.15) is 0 Å². The van der Waals surface area contributed by atoms with Gasteiger partial charge in [-0.15, -0.1) is 11.3 Å². The van der Waals surface area contributed by atoms with Crippen molar-refractivity contribution in [2.24, 2.45) is 0 Å². The van der Waals surface area contributed by atoms with Gasteiger partial charge in [0.25, 0.3) is 0 Å². The summed E-state index contributed by atoms with van der Waals surface area (Å²) in [6.07, 6.45) is 0. The highest BCUT2D eigenvalue weighted by Crippen LogP contribution is 2.44. The molecule has 2 nitrogen and oxygen atoms in total. The van der Waals surface area contributed by atoms with E-state index in [-0.39, 0.29) is 0 Å². The van der Waals surface area contributed by atoms with Crippen LogP contribution in [0.3, 0.4) is 0 Å². The predicted octanol–water partition coefficient (Wildman–Crippen LogP) is 16.7. The van der Waals surface area contributed by atoms with Crippen LogP contribution in [0.5, 0.6) is 0 Å². The lowest BCUT2D eigenvalue weighted by molar-refractivity contribution is 0.673. The zero-order chi connectivity index (χ0) is 38.9. The van der Waals surface area contributed by atoms with Gasteiger partial charge in [0, 0.05) is 53.4 Å². The van der Waals surface area contributed by atoms with E-state index in [0.29, 0.717) is 0 Å². The summed E-state index contributed by atoms with van der Waals surface area (Å²) < 4.78 is 9.25. The van der Waals surface area contributed by atoms with E-state index in [4.69, 9.17) is 4.42 Å². The Balaban J connectivity index is 1.01. The summed E-state index contributed by atoms with van der Waals surface area (Å²) in [6.45, 7) is 0. The summed E-state index contributed by atoms with van der Waals surface area (Å²) in [5, 5.41) is 9.67. The van der Waals surface area contributed by atoms with Crippen molar-refractivity contribution in [2.75, 3.05) is 4.90 Å². The molecule has 10 aromatic carbocycles. The van der Waals surface area contributed by atoms with Crippen LogP contribution in [0.2, 0.25) is 0 Å². The van der Waals surface area contributed by atoms with Crippen LogP contribution in [0, 0.1) is 0 Å². The number of anilines is 3. The van der Waals surface area contributed by atoms with Crippen LogP contribution in [0.25, 0.3) is 97.0 Å². The number of hydrogen-bond donors (Lipinski definition) is 0. The lowest BCUT2D eigenvalue weighted by atomic mass is 9.96. The number of benzene rings is 10. The molecular formula is C56H35NOS. The van der Waals surface area contributed by atoms with Crippen LogP contribution in [-0.4, -0.2) is 0 Å². The largest absolute Gasteiger partial charge is 0.455 e. The van der Waals surface area contributed by atoms with Crippen LogP contribution in [0.1, 0.15) is 0 Å². The van der Waals surface area contributed by atoms with E-state index in [1.165, 1.54) is 58.6 Å². The van der Waals surface area contributed by atoms with Crippen LogP contribution >= 0.6 is 11.3 Å². The Labute approximate surface area is 345 Å². The molecule has 12 rings (SSSR count). The Morgan fingerprint density at radius 1 is 0.339 bits per heavy atom. The second-order valence-corrected chi connectivity index (χ2v) is 16.3. The third-order valence-electron chi connectivity index (χ3n) is 11.8. The molecule has 0 atom stereocenters. The van der Waals surface area contributed by atoms with Crippen molar-refractivity contribution < 1.29 is 4.42 Å². The first-order chi connectivity index (χ1) is 29.2. The summed E-state index contributed by atoms with van der Waals surface area (Å²) in [5.74, 6) is 0. The second kappa shape index (κ2) is 13.6. The van der Waals surface area contributed by atoms with Gasteiger partial charge in [-0.1, -0.05) is 146 Å². The van der Waals surface area contributed by atoms with E-state index in [1.54, 1.807) is 0 Å². The van der Waals surface area contributed by atoms with E-state index in [1.807, 2.05) is 11.3 Å². The third-order valence-corrected chi connectivity index (χ3v) is 13.0. The summed E-state index contributed by atoms with van der Waals surface area (Å²) >= 11 is 1.86. The van der Waals surface area contributed by atoms with Gasteiger partial charge in [0.15, 0.2) is 0 Å². The fraction of sp³-hybridized carbons (Fsp3) is 0. The van der Waals surface area contributed by atoms with Crippen molar-refractivity contribution in [2.45, 2.75) is 0 Å². The molecule has 0 aliphatic rings. The fourth-order valence-corrected chi connectivity index (χ4v) is 10.1. The Morgan fingerprint density at radius 3 is 1.76 bits per heavy atom. The molecule has 0 bridgehead atoms. The van der Waals surface area contributed by atoms with Crippen LogP contribution in [-0.2, 0) is 0 Å². The van der Waals surface area contributed by atoms with E-state index in [9.17, 15) is 0 Å². The molecule has 0 radical (unpaired) electrons. The van der Waals surface area contributed by atoms with E-state index in [2.05, 4.69) is 217 Å². The molecule has 2 heterocycles. The minimum Gasteiger partial charge on any atom is -0.455 e. The molecule has 0 saturated heterocycles. The standard InChI is InChI=1S/C56H35NOS/c1-3-18-45-37(11-1)13-9-21-46(45)40-14-7-16-43(33-40)57(42-29-25-36(26-30-42)39-28-32-54-51(35-39)49-20-5-6-24-53(49)59-54)44-17-8-15-41(34-44)47-22-10-23-52-55(47)50-31-27-38-12-2-4-19-48(38)56(50)58-52/h1-35H. The zero-order valence-electron chi connectivity index (χ0n) is 32.0. The fourth-order valence-electron chi connectivity index (χ4n) is 9.05. The van der Waals surface area contributed by atoms with E-state index >= 15 is 0 Å². The molecule has 0 saturated carbocycles. The number of thiophene rings is 1. The first-order valence-corrected chi connectivity index (χ1v) is 20.9. The van der Waals surface area contributed by atoms with Crippen LogP contribution in [0.4, 0.5) is 17.1 Å². The van der Waals surface area contributed by atoms with Crippen molar-refractivity contribution >= 4 is 92.1 Å². The lowest BCUT2D eigenvalue weighted by Crippen LogP contribution is -2.10. The van der Waals surface area contributed by atoms with Gasteiger partial charge in [-0.25, -0.2) is 0 Å². The van der Waals surface area contributed by atoms with Gasteiger partial charge in [-0.3, -0.25) is 0 Å².